The summed E-state index contributed by atoms with van der Waals surface area (Å²) in [6.07, 6.45) is 3.35. The number of aromatic nitrogens is 2. The molecule has 0 radical (unpaired) electrons. The molecule has 0 amide bonds. The smallest absolute Gasteiger partial charge is 0.335 e. The minimum atomic E-state index is -0.688. The fourth-order valence-corrected chi connectivity index (χ4v) is 2.59. The van der Waals surface area contributed by atoms with Crippen molar-refractivity contribution in [3.63, 3.8) is 0 Å². The lowest BCUT2D eigenvalue weighted by atomic mass is 10.1. The largest absolute Gasteiger partial charge is 0.494 e. The quantitative estimate of drug-likeness (QED) is 0.889. The van der Waals surface area contributed by atoms with E-state index in [4.69, 9.17) is 0 Å². The molecular weight excluding hydrogens is 306 g/mol. The number of aromatic amines is 1. The maximum Gasteiger partial charge on any atom is 0.335 e. The van der Waals surface area contributed by atoms with Crippen molar-refractivity contribution in [2.24, 2.45) is 4.99 Å². The van der Waals surface area contributed by atoms with E-state index in [1.807, 2.05) is 39.0 Å². The number of nitrogens with one attached hydrogen (secondary N) is 1. The van der Waals surface area contributed by atoms with Crippen molar-refractivity contribution in [1.29, 1.82) is 0 Å². The third-order valence-electron chi connectivity index (χ3n) is 3.84. The molecule has 2 heterocycles. The van der Waals surface area contributed by atoms with Gasteiger partial charge in [-0.05, 0) is 50.6 Å². The summed E-state index contributed by atoms with van der Waals surface area (Å²) in [6, 6.07) is 7.06. The van der Waals surface area contributed by atoms with Crippen LogP contribution in [0.25, 0.3) is 11.8 Å². The number of nitrogens with zero attached hydrogens (tertiary/aromatic N) is 2. The first-order chi connectivity index (χ1) is 11.4. The lowest BCUT2D eigenvalue weighted by Crippen LogP contribution is -2.30. The maximum absolute atomic E-state index is 12.1. The second-order valence-electron chi connectivity index (χ2n) is 5.75. The molecule has 0 unspecified atom stereocenters. The van der Waals surface area contributed by atoms with Crippen molar-refractivity contribution < 1.29 is 5.11 Å². The molecule has 1 aliphatic heterocycles. The van der Waals surface area contributed by atoms with E-state index in [2.05, 4.69) is 9.98 Å². The molecule has 0 spiro atoms. The van der Waals surface area contributed by atoms with Gasteiger partial charge in [0.15, 0.2) is 0 Å². The number of H-pyrrole nitrogens is 1. The standard InChI is InChI=1S/C18H17N3O3/c1-10-4-6-14(7-5-10)21-17(23)15(16(22)20-18(21)24)9-13-8-11(2)19-12(13)3/h4-9,23H,1-3H3,(H,20,22,24)/b13-9+. The molecular formula is C18H17N3O3. The minimum absolute atomic E-state index is 0.0191. The van der Waals surface area contributed by atoms with Crippen LogP contribution in [0.2, 0.25) is 0 Å². The number of benzene rings is 1. The van der Waals surface area contributed by atoms with E-state index in [0.29, 0.717) is 5.69 Å². The summed E-state index contributed by atoms with van der Waals surface area (Å²) in [7, 11) is 0. The molecule has 6 nitrogen and oxygen atoms in total. The van der Waals surface area contributed by atoms with Crippen LogP contribution in [0.1, 0.15) is 25.0 Å². The van der Waals surface area contributed by atoms with E-state index in [9.17, 15) is 14.7 Å². The average molecular weight is 323 g/mol. The average Bonchev–Trinajstić information content (AvgIpc) is 2.83. The zero-order valence-corrected chi connectivity index (χ0v) is 13.6. The number of aryl methyl sites for hydroxylation is 1. The van der Waals surface area contributed by atoms with Crippen LogP contribution in [0.5, 0.6) is 5.88 Å². The summed E-state index contributed by atoms with van der Waals surface area (Å²) in [5.41, 5.74) is 2.49. The molecule has 0 fully saturated rings. The summed E-state index contributed by atoms with van der Waals surface area (Å²) in [5.74, 6) is -0.397. The fraction of sp³-hybridized carbons (Fsp3) is 0.167. The molecule has 0 atom stereocenters. The van der Waals surface area contributed by atoms with Crippen molar-refractivity contribution >= 4 is 11.8 Å². The Kier molecular flexibility index (Phi) is 3.81. The molecule has 1 aromatic carbocycles. The second kappa shape index (κ2) is 5.81. The Morgan fingerprint density at radius 2 is 1.79 bits per heavy atom. The van der Waals surface area contributed by atoms with Crippen molar-refractivity contribution in [1.82, 2.24) is 9.55 Å². The van der Waals surface area contributed by atoms with Crippen LogP contribution in [-0.4, -0.2) is 20.4 Å². The van der Waals surface area contributed by atoms with E-state index in [-0.39, 0.29) is 5.56 Å². The molecule has 2 N–H and O–H groups in total. The van der Waals surface area contributed by atoms with Gasteiger partial charge in [-0.3, -0.25) is 14.8 Å². The molecule has 24 heavy (non-hydrogen) atoms. The third-order valence-corrected chi connectivity index (χ3v) is 3.84. The van der Waals surface area contributed by atoms with Gasteiger partial charge in [-0.15, -0.1) is 0 Å². The van der Waals surface area contributed by atoms with Gasteiger partial charge in [-0.2, -0.15) is 0 Å². The van der Waals surface area contributed by atoms with Crippen LogP contribution in [0.3, 0.4) is 0 Å². The highest BCUT2D eigenvalue weighted by Gasteiger charge is 2.16. The number of aromatic hydroxyl groups is 1. The van der Waals surface area contributed by atoms with E-state index in [0.717, 1.165) is 27.1 Å². The van der Waals surface area contributed by atoms with Crippen LogP contribution in [0, 0.1) is 6.92 Å². The van der Waals surface area contributed by atoms with Gasteiger partial charge < -0.3 is 5.11 Å². The molecule has 0 aliphatic carbocycles. The van der Waals surface area contributed by atoms with Gasteiger partial charge in [-0.1, -0.05) is 17.7 Å². The topological polar surface area (TPSA) is 87.5 Å². The molecule has 122 valence electrons. The van der Waals surface area contributed by atoms with E-state index < -0.39 is 17.1 Å². The van der Waals surface area contributed by atoms with Crippen molar-refractivity contribution in [3.05, 3.63) is 73.6 Å². The number of allylic oxidation sites excluding steroid dienone is 3. The van der Waals surface area contributed by atoms with Crippen LogP contribution >= 0.6 is 0 Å². The molecule has 1 aromatic heterocycles. The first-order valence-corrected chi connectivity index (χ1v) is 7.48. The SMILES string of the molecule is CC1=C/C(=C\c2c(O)n(-c3ccc(C)cc3)c(=O)[nH]c2=O)C(C)=N1. The molecule has 6 heteroatoms. The van der Waals surface area contributed by atoms with Crippen LogP contribution in [-0.2, 0) is 0 Å². The van der Waals surface area contributed by atoms with Crippen LogP contribution < -0.4 is 11.2 Å². The normalized spacial score (nSPS) is 15.5. The van der Waals surface area contributed by atoms with Gasteiger partial charge in [0.05, 0.1) is 5.69 Å². The van der Waals surface area contributed by atoms with Crippen molar-refractivity contribution in [2.45, 2.75) is 20.8 Å². The first kappa shape index (κ1) is 15.7. The lowest BCUT2D eigenvalue weighted by molar-refractivity contribution is 0.429. The van der Waals surface area contributed by atoms with Crippen molar-refractivity contribution in [3.8, 4) is 11.6 Å². The molecule has 1 aliphatic rings. The summed E-state index contributed by atoms with van der Waals surface area (Å²) >= 11 is 0. The van der Waals surface area contributed by atoms with Crippen LogP contribution in [0.4, 0.5) is 0 Å². The van der Waals surface area contributed by atoms with Gasteiger partial charge in [0.25, 0.3) is 5.56 Å². The second-order valence-corrected chi connectivity index (χ2v) is 5.75. The highest BCUT2D eigenvalue weighted by molar-refractivity contribution is 6.07. The number of hydrogen-bond acceptors (Lipinski definition) is 4. The van der Waals surface area contributed by atoms with Gasteiger partial charge >= 0.3 is 5.69 Å². The Bertz CT molecular complexity index is 1020. The number of hydrogen-bond donors (Lipinski definition) is 2. The lowest BCUT2D eigenvalue weighted by Gasteiger charge is -2.10. The Labute approximate surface area is 138 Å². The van der Waals surface area contributed by atoms with Gasteiger partial charge in [-0.25, -0.2) is 9.36 Å². The summed E-state index contributed by atoms with van der Waals surface area (Å²) < 4.78 is 1.07. The van der Waals surface area contributed by atoms with Crippen LogP contribution in [0.15, 0.2) is 56.2 Å². The molecule has 2 aromatic rings. The zero-order valence-electron chi connectivity index (χ0n) is 13.6. The number of rotatable bonds is 2. The predicted octanol–water partition coefficient (Wildman–Crippen LogP) is 2.30. The highest BCUT2D eigenvalue weighted by Crippen LogP contribution is 2.22. The van der Waals surface area contributed by atoms with Gasteiger partial charge in [0, 0.05) is 11.4 Å². The Morgan fingerprint density at radius 1 is 1.12 bits per heavy atom. The van der Waals surface area contributed by atoms with Crippen molar-refractivity contribution in [2.75, 3.05) is 0 Å². The Balaban J connectivity index is 2.23. The van der Waals surface area contributed by atoms with Gasteiger partial charge in [0.2, 0.25) is 5.88 Å². The number of aliphatic imine (C=N–C) groups is 1. The predicted molar refractivity (Wildman–Crippen MR) is 93.9 cm³/mol. The van der Waals surface area contributed by atoms with E-state index >= 15 is 0 Å². The minimum Gasteiger partial charge on any atom is -0.494 e. The molecule has 0 saturated carbocycles. The summed E-state index contributed by atoms with van der Waals surface area (Å²) in [4.78, 5) is 30.8. The van der Waals surface area contributed by atoms with E-state index in [1.165, 1.54) is 6.08 Å². The van der Waals surface area contributed by atoms with Gasteiger partial charge in [0.1, 0.15) is 5.56 Å². The molecule has 0 bridgehead atoms. The third kappa shape index (κ3) is 2.74. The zero-order chi connectivity index (χ0) is 17.4. The first-order valence-electron chi connectivity index (χ1n) is 7.48. The Morgan fingerprint density at radius 3 is 2.38 bits per heavy atom. The molecule has 3 rings (SSSR count). The summed E-state index contributed by atoms with van der Waals surface area (Å²) in [5, 5.41) is 10.5. The molecule has 0 saturated heterocycles. The monoisotopic (exact) mass is 323 g/mol. The summed E-state index contributed by atoms with van der Waals surface area (Å²) in [6.45, 7) is 5.59. The highest BCUT2D eigenvalue weighted by atomic mass is 16.3. The fourth-order valence-electron chi connectivity index (χ4n) is 2.59. The van der Waals surface area contributed by atoms with E-state index in [1.54, 1.807) is 12.1 Å². The Hall–Kier alpha value is -3.15. The maximum atomic E-state index is 12.1.